The van der Waals surface area contributed by atoms with Gasteiger partial charge in [-0.1, -0.05) is 72.8 Å². The van der Waals surface area contributed by atoms with Gasteiger partial charge in [0.05, 0.1) is 16.7 Å². The third-order valence-electron chi connectivity index (χ3n) is 7.03. The molecule has 0 spiro atoms. The smallest absolute Gasteiger partial charge is 0.269 e. The number of nitro groups is 1. The van der Waals surface area contributed by atoms with Crippen LogP contribution in [0.3, 0.4) is 0 Å². The van der Waals surface area contributed by atoms with Crippen LogP contribution < -0.4 is 0 Å². The van der Waals surface area contributed by atoms with Gasteiger partial charge in [-0.2, -0.15) is 4.68 Å². The zero-order valence-electron chi connectivity index (χ0n) is 21.6. The van der Waals surface area contributed by atoms with E-state index >= 15 is 0 Å². The Hall–Kier alpha value is -4.21. The maximum Gasteiger partial charge on any atom is 0.269 e. The molecular weight excluding hydrogens is 478 g/mol. The summed E-state index contributed by atoms with van der Waals surface area (Å²) in [5.41, 5.74) is 5.11. The number of nitrogens with zero attached hydrogens (tertiary/aromatic N) is 7. The van der Waals surface area contributed by atoms with E-state index in [0.29, 0.717) is 5.82 Å². The van der Waals surface area contributed by atoms with E-state index in [2.05, 4.69) is 49.6 Å². The summed E-state index contributed by atoms with van der Waals surface area (Å²) in [5.74, 6) is 0.653. The Morgan fingerprint density at radius 3 is 2.37 bits per heavy atom. The van der Waals surface area contributed by atoms with Crippen LogP contribution >= 0.6 is 0 Å². The second-order valence-electron chi connectivity index (χ2n) is 9.59. The zero-order valence-corrected chi connectivity index (χ0v) is 21.6. The van der Waals surface area contributed by atoms with Crippen LogP contribution in [0.4, 0.5) is 5.69 Å². The summed E-state index contributed by atoms with van der Waals surface area (Å²) >= 11 is 0. The number of hydrogen-bond donors (Lipinski definition) is 0. The minimum Gasteiger partial charge on any atom is -0.297 e. The van der Waals surface area contributed by atoms with E-state index in [4.69, 9.17) is 0 Å². The molecule has 5 rings (SSSR count). The summed E-state index contributed by atoms with van der Waals surface area (Å²) in [6.45, 7) is 8.25. The molecule has 0 saturated carbocycles. The maximum atomic E-state index is 11.6. The van der Waals surface area contributed by atoms with Gasteiger partial charge in [0.15, 0.2) is 5.82 Å². The standard InChI is InChI=1S/C29H31N7O2/c1-22-9-6-10-23(2)27(22)35-29(30-31-32-35)28(25-14-7-15-26(21-25)36(37)38)34-19-17-33(18-20-34)16-8-13-24-11-4-3-5-12-24/h3-15,21,28H,16-20H2,1-2H3/b13-8+/t28-/m1/s1. The summed E-state index contributed by atoms with van der Waals surface area (Å²) in [5, 5.41) is 24.5. The maximum absolute atomic E-state index is 11.6. The molecule has 1 aliphatic heterocycles. The highest BCUT2D eigenvalue weighted by atomic mass is 16.6. The summed E-state index contributed by atoms with van der Waals surface area (Å²) < 4.78 is 1.79. The number of tetrazole rings is 1. The van der Waals surface area contributed by atoms with Gasteiger partial charge in [-0.25, -0.2) is 0 Å². The number of piperazine rings is 1. The van der Waals surface area contributed by atoms with Gasteiger partial charge in [0.25, 0.3) is 5.69 Å². The van der Waals surface area contributed by atoms with E-state index in [9.17, 15) is 10.1 Å². The zero-order chi connectivity index (χ0) is 26.5. The van der Waals surface area contributed by atoms with Crippen LogP contribution in [-0.2, 0) is 0 Å². The van der Waals surface area contributed by atoms with E-state index in [1.54, 1.807) is 16.8 Å². The number of aromatic nitrogens is 4. The molecule has 1 aliphatic rings. The quantitative estimate of drug-likeness (QED) is 0.253. The molecule has 9 heteroatoms. The fourth-order valence-electron chi connectivity index (χ4n) is 5.10. The van der Waals surface area contributed by atoms with Crippen LogP contribution in [0.1, 0.15) is 34.1 Å². The fourth-order valence-corrected chi connectivity index (χ4v) is 5.10. The molecule has 3 aromatic carbocycles. The van der Waals surface area contributed by atoms with Gasteiger partial charge in [0.2, 0.25) is 0 Å². The molecule has 194 valence electrons. The van der Waals surface area contributed by atoms with Gasteiger partial charge < -0.3 is 0 Å². The van der Waals surface area contributed by atoms with Crippen LogP contribution in [0.5, 0.6) is 0 Å². The highest BCUT2D eigenvalue weighted by Crippen LogP contribution is 2.32. The third kappa shape index (κ3) is 5.53. The molecule has 0 bridgehead atoms. The molecule has 9 nitrogen and oxygen atoms in total. The number of nitro benzene ring substituents is 1. The molecule has 38 heavy (non-hydrogen) atoms. The first kappa shape index (κ1) is 25.4. The van der Waals surface area contributed by atoms with Crippen molar-refractivity contribution in [3.8, 4) is 5.69 Å². The Balaban J connectivity index is 1.43. The molecular formula is C29H31N7O2. The van der Waals surface area contributed by atoms with Crippen molar-refractivity contribution in [3.05, 3.63) is 117 Å². The molecule has 0 unspecified atom stereocenters. The Morgan fingerprint density at radius 1 is 0.947 bits per heavy atom. The van der Waals surface area contributed by atoms with Crippen LogP contribution in [0, 0.1) is 24.0 Å². The van der Waals surface area contributed by atoms with E-state index in [1.165, 1.54) is 11.6 Å². The topological polar surface area (TPSA) is 93.2 Å². The lowest BCUT2D eigenvalue weighted by atomic mass is 10.0. The first-order valence-corrected chi connectivity index (χ1v) is 12.8. The van der Waals surface area contributed by atoms with Crippen molar-refractivity contribution in [2.75, 3.05) is 32.7 Å². The van der Waals surface area contributed by atoms with Crippen molar-refractivity contribution in [2.24, 2.45) is 0 Å². The van der Waals surface area contributed by atoms with Crippen molar-refractivity contribution in [2.45, 2.75) is 19.9 Å². The van der Waals surface area contributed by atoms with E-state index in [1.807, 2.05) is 56.3 Å². The van der Waals surface area contributed by atoms with Gasteiger partial charge in [0.1, 0.15) is 0 Å². The molecule has 0 amide bonds. The van der Waals surface area contributed by atoms with Crippen LogP contribution in [-0.4, -0.2) is 67.7 Å². The average Bonchev–Trinajstić information content (AvgIpc) is 3.39. The lowest BCUT2D eigenvalue weighted by molar-refractivity contribution is -0.384. The molecule has 0 aliphatic carbocycles. The number of hydrogen-bond acceptors (Lipinski definition) is 7. The highest BCUT2D eigenvalue weighted by molar-refractivity contribution is 5.49. The van der Waals surface area contributed by atoms with Crippen molar-refractivity contribution < 1.29 is 4.92 Å². The van der Waals surface area contributed by atoms with Gasteiger partial charge in [0, 0.05) is 44.9 Å². The summed E-state index contributed by atoms with van der Waals surface area (Å²) in [7, 11) is 0. The predicted molar refractivity (Wildman–Crippen MR) is 147 cm³/mol. The number of aryl methyl sites for hydroxylation is 2. The molecule has 1 saturated heterocycles. The van der Waals surface area contributed by atoms with Gasteiger partial charge in [-0.3, -0.25) is 19.9 Å². The monoisotopic (exact) mass is 509 g/mol. The number of benzene rings is 3. The minimum absolute atomic E-state index is 0.0586. The lowest BCUT2D eigenvalue weighted by Gasteiger charge is -2.38. The lowest BCUT2D eigenvalue weighted by Crippen LogP contribution is -2.48. The first-order chi connectivity index (χ1) is 18.5. The molecule has 1 atom stereocenters. The largest absolute Gasteiger partial charge is 0.297 e. The van der Waals surface area contributed by atoms with E-state index < -0.39 is 0 Å². The number of non-ortho nitro benzene ring substituents is 1. The fraction of sp³-hybridized carbons (Fsp3) is 0.276. The molecule has 4 aromatic rings. The van der Waals surface area contributed by atoms with Crippen LogP contribution in [0.2, 0.25) is 0 Å². The van der Waals surface area contributed by atoms with Crippen molar-refractivity contribution >= 4 is 11.8 Å². The second kappa shape index (κ2) is 11.5. The average molecular weight is 510 g/mol. The van der Waals surface area contributed by atoms with E-state index in [-0.39, 0.29) is 16.7 Å². The van der Waals surface area contributed by atoms with Crippen LogP contribution in [0.15, 0.2) is 78.9 Å². The summed E-state index contributed by atoms with van der Waals surface area (Å²) in [6, 6.07) is 22.9. The molecule has 0 radical (unpaired) electrons. The number of rotatable bonds is 8. The van der Waals surface area contributed by atoms with Crippen molar-refractivity contribution in [3.63, 3.8) is 0 Å². The minimum atomic E-state index is -0.355. The predicted octanol–water partition coefficient (Wildman–Crippen LogP) is 4.61. The Bertz CT molecular complexity index is 1410. The molecule has 1 aromatic heterocycles. The molecule has 2 heterocycles. The van der Waals surface area contributed by atoms with Gasteiger partial charge in [-0.15, -0.1) is 5.10 Å². The first-order valence-electron chi connectivity index (χ1n) is 12.8. The van der Waals surface area contributed by atoms with Crippen molar-refractivity contribution in [1.29, 1.82) is 0 Å². The highest BCUT2D eigenvalue weighted by Gasteiger charge is 2.32. The van der Waals surface area contributed by atoms with Gasteiger partial charge in [-0.05, 0) is 46.5 Å². The molecule has 0 N–H and O–H groups in total. The third-order valence-corrected chi connectivity index (χ3v) is 7.03. The Labute approximate surface area is 222 Å². The Kier molecular flexibility index (Phi) is 7.67. The summed E-state index contributed by atoms with van der Waals surface area (Å²) in [4.78, 5) is 16.0. The summed E-state index contributed by atoms with van der Waals surface area (Å²) in [6.07, 6.45) is 4.35. The van der Waals surface area contributed by atoms with Gasteiger partial charge >= 0.3 is 0 Å². The normalized spacial score (nSPS) is 15.6. The second-order valence-corrected chi connectivity index (χ2v) is 9.59. The van der Waals surface area contributed by atoms with Crippen molar-refractivity contribution in [1.82, 2.24) is 30.0 Å². The van der Waals surface area contributed by atoms with Crippen LogP contribution in [0.25, 0.3) is 11.8 Å². The van der Waals surface area contributed by atoms with E-state index in [0.717, 1.165) is 55.1 Å². The SMILES string of the molecule is Cc1cccc(C)c1-n1nnnc1[C@@H](c1cccc([N+](=O)[O-])c1)N1CCN(C/C=C/c2ccccc2)CC1. The Morgan fingerprint density at radius 2 is 1.66 bits per heavy atom. The number of para-hydroxylation sites is 1. The molecule has 1 fully saturated rings.